The van der Waals surface area contributed by atoms with Crippen LogP contribution in [0.15, 0.2) is 78.9 Å². The van der Waals surface area contributed by atoms with Crippen molar-refractivity contribution in [1.82, 2.24) is 9.88 Å². The fraction of sp³-hybridized carbons (Fsp3) is 0.382. The van der Waals surface area contributed by atoms with Crippen molar-refractivity contribution in [3.05, 3.63) is 95.7 Å². The fourth-order valence-electron chi connectivity index (χ4n) is 4.42. The molecule has 0 unspecified atom stereocenters. The van der Waals surface area contributed by atoms with Gasteiger partial charge in [0.15, 0.2) is 0 Å². The van der Waals surface area contributed by atoms with Gasteiger partial charge in [0.25, 0.3) is 11.9 Å². The SMILES string of the molecule is Cc1nc(OCCCOS(C)(C)C(C)(C)C)ccc1-c1cccc(COc2ccc(B3OC(O)=CN(C)/C=C(/O)O3)cc2)c1C. The summed E-state index contributed by atoms with van der Waals surface area (Å²) < 4.78 is 29.2. The largest absolute Gasteiger partial charge is 0.636 e. The third-order valence-electron chi connectivity index (χ3n) is 7.82. The van der Waals surface area contributed by atoms with Gasteiger partial charge >= 0.3 is 7.12 Å². The maximum absolute atomic E-state index is 9.99. The zero-order valence-electron chi connectivity index (χ0n) is 27.5. The molecule has 242 valence electrons. The van der Waals surface area contributed by atoms with Crippen molar-refractivity contribution >= 4 is 22.9 Å². The number of hydrogen-bond acceptors (Lipinski definition) is 9. The molecule has 2 N–H and O–H groups in total. The maximum atomic E-state index is 9.99. The van der Waals surface area contributed by atoms with Gasteiger partial charge < -0.3 is 38.1 Å². The Morgan fingerprint density at radius 1 is 0.867 bits per heavy atom. The third-order valence-corrected chi connectivity index (χ3v) is 11.5. The molecule has 0 saturated heterocycles. The van der Waals surface area contributed by atoms with Crippen LogP contribution in [0.1, 0.15) is 44.0 Å². The number of aromatic nitrogens is 1. The minimum absolute atomic E-state index is 0.140. The summed E-state index contributed by atoms with van der Waals surface area (Å²) in [4.78, 5) is 6.14. The molecule has 3 aromatic rings. The normalized spacial score (nSPS) is 15.6. The van der Waals surface area contributed by atoms with E-state index < -0.39 is 17.4 Å². The molecule has 1 aromatic heterocycles. The smallest absolute Gasteiger partial charge is 0.494 e. The third kappa shape index (κ3) is 9.05. The molecule has 1 aliphatic heterocycles. The number of hydrogen-bond donors (Lipinski definition) is 2. The molecule has 0 spiro atoms. The summed E-state index contributed by atoms with van der Waals surface area (Å²) in [5.41, 5.74) is 5.79. The number of pyridine rings is 1. The van der Waals surface area contributed by atoms with Crippen molar-refractivity contribution in [2.24, 2.45) is 0 Å². The van der Waals surface area contributed by atoms with Crippen LogP contribution in [0.4, 0.5) is 0 Å². The van der Waals surface area contributed by atoms with E-state index in [1.54, 1.807) is 31.3 Å². The first-order valence-corrected chi connectivity index (χ1v) is 17.3. The summed E-state index contributed by atoms with van der Waals surface area (Å²) >= 11 is 0. The van der Waals surface area contributed by atoms with Crippen molar-refractivity contribution in [2.75, 3.05) is 32.8 Å². The predicted octanol–water partition coefficient (Wildman–Crippen LogP) is 6.90. The highest BCUT2D eigenvalue weighted by Crippen LogP contribution is 2.53. The number of ether oxygens (including phenoxy) is 2. The molecule has 45 heavy (non-hydrogen) atoms. The Morgan fingerprint density at radius 2 is 1.53 bits per heavy atom. The van der Waals surface area contributed by atoms with Gasteiger partial charge in [-0.1, -0.05) is 51.1 Å². The van der Waals surface area contributed by atoms with E-state index in [1.807, 2.05) is 19.1 Å². The lowest BCUT2D eigenvalue weighted by atomic mass is 9.79. The number of aliphatic hydroxyl groups excluding tert-OH is 2. The van der Waals surface area contributed by atoms with E-state index in [9.17, 15) is 10.2 Å². The van der Waals surface area contributed by atoms with E-state index in [0.29, 0.717) is 36.9 Å². The van der Waals surface area contributed by atoms with Crippen LogP contribution in [-0.2, 0) is 20.1 Å². The summed E-state index contributed by atoms with van der Waals surface area (Å²) in [7, 11) is -0.529. The van der Waals surface area contributed by atoms with Gasteiger partial charge in [-0.3, -0.25) is 0 Å². The molecule has 0 aliphatic carbocycles. The van der Waals surface area contributed by atoms with Gasteiger partial charge in [-0.15, -0.1) is 10.3 Å². The molecule has 0 atom stereocenters. The summed E-state index contributed by atoms with van der Waals surface area (Å²) in [6.45, 7) is 12.3. The average molecular weight is 637 g/mol. The quantitative estimate of drug-likeness (QED) is 0.172. The fourth-order valence-corrected chi connectivity index (χ4v) is 5.31. The maximum Gasteiger partial charge on any atom is 0.636 e. The lowest BCUT2D eigenvalue weighted by Crippen LogP contribution is -2.37. The topological polar surface area (TPSA) is 103 Å². The molecular formula is C34H45BN2O7S. The second-order valence-electron chi connectivity index (χ2n) is 12.3. The van der Waals surface area contributed by atoms with Gasteiger partial charge in [0, 0.05) is 41.0 Å². The highest BCUT2D eigenvalue weighted by molar-refractivity contribution is 8.29. The van der Waals surface area contributed by atoms with Crippen LogP contribution in [0, 0.1) is 13.8 Å². The van der Waals surface area contributed by atoms with Crippen LogP contribution in [0.2, 0.25) is 0 Å². The van der Waals surface area contributed by atoms with Crippen molar-refractivity contribution in [1.29, 1.82) is 0 Å². The zero-order chi connectivity index (χ0) is 32.8. The lowest BCUT2D eigenvalue weighted by molar-refractivity contribution is 0.124. The van der Waals surface area contributed by atoms with Gasteiger partial charge in [0.1, 0.15) is 12.4 Å². The Kier molecular flexibility index (Phi) is 10.9. The summed E-state index contributed by atoms with van der Waals surface area (Å²) in [6.07, 6.45) is 7.88. The van der Waals surface area contributed by atoms with E-state index in [2.05, 4.69) is 58.4 Å². The zero-order valence-corrected chi connectivity index (χ0v) is 28.3. The van der Waals surface area contributed by atoms with Gasteiger partial charge in [0.05, 0.1) is 25.6 Å². The molecule has 0 amide bonds. The standard InChI is InChI=1S/C34H45BN2O7S/c1-24-26(23-41-28-15-13-27(14-16-28)35-43-32(38)21-37(6)22-33(39)44-35)11-9-12-29(24)30-17-18-31(36-25(30)2)40-19-10-20-42-45(7,8)34(3,4)5/h9,11-18,21-22,38-39H,10,19-20,23H2,1-8H3/b32-21-,33-22?. The summed E-state index contributed by atoms with van der Waals surface area (Å²) in [5, 5.41) is 20.0. The van der Waals surface area contributed by atoms with Crippen molar-refractivity contribution in [2.45, 2.75) is 52.4 Å². The summed E-state index contributed by atoms with van der Waals surface area (Å²) in [5.74, 6) is 0.592. The monoisotopic (exact) mass is 636 g/mol. The number of aryl methyl sites for hydroxylation is 1. The Balaban J connectivity index is 1.35. The lowest BCUT2D eigenvalue weighted by Gasteiger charge is -2.43. The molecule has 2 heterocycles. The first-order valence-electron chi connectivity index (χ1n) is 14.9. The minimum Gasteiger partial charge on any atom is -0.494 e. The average Bonchev–Trinajstić information content (AvgIpc) is 2.95. The number of benzene rings is 2. The van der Waals surface area contributed by atoms with Crippen LogP contribution in [0.25, 0.3) is 11.1 Å². The Labute approximate surface area is 269 Å². The molecule has 11 heteroatoms. The number of rotatable bonds is 11. The van der Waals surface area contributed by atoms with Crippen LogP contribution in [-0.4, -0.2) is 64.7 Å². The highest BCUT2D eigenvalue weighted by Gasteiger charge is 2.30. The predicted molar refractivity (Wildman–Crippen MR) is 182 cm³/mol. The first kappa shape index (κ1) is 33.9. The van der Waals surface area contributed by atoms with E-state index in [0.717, 1.165) is 34.4 Å². The molecule has 2 aromatic carbocycles. The Hall–Kier alpha value is -3.96. The highest BCUT2D eigenvalue weighted by atomic mass is 32.3. The second kappa shape index (κ2) is 14.4. The van der Waals surface area contributed by atoms with Crippen LogP contribution >= 0.6 is 10.3 Å². The van der Waals surface area contributed by atoms with E-state index in [-0.39, 0.29) is 16.6 Å². The number of aliphatic hydroxyl groups is 2. The molecule has 4 rings (SSSR count). The minimum atomic E-state index is -1.14. The van der Waals surface area contributed by atoms with Crippen LogP contribution in [0.3, 0.4) is 0 Å². The Morgan fingerprint density at radius 3 is 2.16 bits per heavy atom. The molecule has 9 nitrogen and oxygen atoms in total. The van der Waals surface area contributed by atoms with Gasteiger partial charge in [-0.2, -0.15) is 0 Å². The van der Waals surface area contributed by atoms with E-state index >= 15 is 0 Å². The first-order chi connectivity index (χ1) is 21.2. The molecule has 0 fully saturated rings. The Bertz CT molecular complexity index is 1500. The molecule has 1 aliphatic rings. The van der Waals surface area contributed by atoms with Crippen molar-refractivity contribution in [3.8, 4) is 22.8 Å². The molecule has 0 bridgehead atoms. The second-order valence-corrected chi connectivity index (χ2v) is 16.2. The van der Waals surface area contributed by atoms with Gasteiger partial charge in [0.2, 0.25) is 5.88 Å². The molecule has 0 saturated carbocycles. The van der Waals surface area contributed by atoms with E-state index in [4.69, 9.17) is 27.9 Å². The molecule has 0 radical (unpaired) electrons. The van der Waals surface area contributed by atoms with E-state index in [1.165, 1.54) is 17.3 Å². The van der Waals surface area contributed by atoms with Gasteiger partial charge in [-0.05, 0) is 61.2 Å². The summed E-state index contributed by atoms with van der Waals surface area (Å²) in [6, 6.07) is 17.2. The van der Waals surface area contributed by atoms with Crippen LogP contribution in [0.5, 0.6) is 11.6 Å². The number of nitrogens with zero attached hydrogens (tertiary/aromatic N) is 2. The molecular weight excluding hydrogens is 591 g/mol. The van der Waals surface area contributed by atoms with Gasteiger partial charge in [-0.25, -0.2) is 4.98 Å². The van der Waals surface area contributed by atoms with Crippen LogP contribution < -0.4 is 14.9 Å². The van der Waals surface area contributed by atoms with Crippen molar-refractivity contribution in [3.63, 3.8) is 0 Å². The van der Waals surface area contributed by atoms with Crippen molar-refractivity contribution < 1.29 is 33.2 Å².